The molecule has 0 amide bonds. The van der Waals surface area contributed by atoms with Crippen molar-refractivity contribution in [1.29, 1.82) is 0 Å². The Hall–Kier alpha value is -1.51. The zero-order chi connectivity index (χ0) is 12.1. The molecule has 0 spiro atoms. The molecule has 0 atom stereocenters. The molecule has 16 heavy (non-hydrogen) atoms. The van der Waals surface area contributed by atoms with Crippen LogP contribution < -0.4 is 0 Å². The van der Waals surface area contributed by atoms with Crippen molar-refractivity contribution < 1.29 is 14.0 Å². The Balaban J connectivity index is 2.59. The molecular formula is C13H15FO2. The van der Waals surface area contributed by atoms with Gasteiger partial charge in [0.1, 0.15) is 11.6 Å². The van der Waals surface area contributed by atoms with Gasteiger partial charge in [0.05, 0.1) is 6.42 Å². The molecule has 0 radical (unpaired) electrons. The van der Waals surface area contributed by atoms with Gasteiger partial charge < -0.3 is 0 Å². The van der Waals surface area contributed by atoms with Crippen LogP contribution >= 0.6 is 0 Å². The lowest BCUT2D eigenvalue weighted by Gasteiger charge is -2.03. The Labute approximate surface area is 94.5 Å². The van der Waals surface area contributed by atoms with E-state index in [9.17, 15) is 14.0 Å². The first kappa shape index (κ1) is 12.6. The molecule has 0 aliphatic carbocycles. The maximum atomic E-state index is 12.6. The number of rotatable bonds is 5. The topological polar surface area (TPSA) is 34.1 Å². The van der Waals surface area contributed by atoms with Gasteiger partial charge in [0, 0.05) is 12.0 Å². The normalized spacial score (nSPS) is 10.5. The third-order valence-electron chi connectivity index (χ3n) is 2.16. The van der Waals surface area contributed by atoms with Crippen molar-refractivity contribution in [3.05, 3.63) is 35.6 Å². The SMILES string of the molecule is CC(C)CC(=O)CC(=O)c1ccc(F)cc1. The molecule has 0 heterocycles. The van der Waals surface area contributed by atoms with E-state index in [2.05, 4.69) is 0 Å². The Morgan fingerprint density at radius 3 is 2.25 bits per heavy atom. The molecule has 1 aromatic carbocycles. The van der Waals surface area contributed by atoms with E-state index in [-0.39, 0.29) is 29.7 Å². The van der Waals surface area contributed by atoms with Gasteiger partial charge in [0.2, 0.25) is 0 Å². The Morgan fingerprint density at radius 2 is 1.75 bits per heavy atom. The molecular weight excluding hydrogens is 207 g/mol. The highest BCUT2D eigenvalue weighted by Gasteiger charge is 2.12. The van der Waals surface area contributed by atoms with Gasteiger partial charge in [-0.05, 0) is 30.2 Å². The Kier molecular flexibility index (Phi) is 4.35. The fourth-order valence-electron chi connectivity index (χ4n) is 1.44. The number of hydrogen-bond donors (Lipinski definition) is 0. The average Bonchev–Trinajstić information content (AvgIpc) is 2.16. The summed E-state index contributed by atoms with van der Waals surface area (Å²) in [6.45, 7) is 3.86. The van der Waals surface area contributed by atoms with E-state index in [4.69, 9.17) is 0 Å². The number of Topliss-reactive ketones (excluding diaryl/α,β-unsaturated/α-hetero) is 2. The highest BCUT2D eigenvalue weighted by molar-refractivity contribution is 6.07. The number of carbonyl (C=O) groups is 2. The lowest BCUT2D eigenvalue weighted by Crippen LogP contribution is -2.10. The number of benzene rings is 1. The summed E-state index contributed by atoms with van der Waals surface area (Å²) in [5, 5.41) is 0. The molecule has 86 valence electrons. The van der Waals surface area contributed by atoms with Crippen LogP contribution in [-0.4, -0.2) is 11.6 Å². The van der Waals surface area contributed by atoms with Gasteiger partial charge in [-0.15, -0.1) is 0 Å². The summed E-state index contributed by atoms with van der Waals surface area (Å²) in [5.41, 5.74) is 0.388. The van der Waals surface area contributed by atoms with Crippen LogP contribution in [-0.2, 0) is 4.79 Å². The predicted molar refractivity (Wildman–Crippen MR) is 59.8 cm³/mol. The first-order valence-corrected chi connectivity index (χ1v) is 5.29. The van der Waals surface area contributed by atoms with E-state index in [0.29, 0.717) is 12.0 Å². The van der Waals surface area contributed by atoms with Crippen molar-refractivity contribution in [1.82, 2.24) is 0 Å². The molecule has 0 saturated carbocycles. The fraction of sp³-hybridized carbons (Fsp3) is 0.385. The first-order valence-electron chi connectivity index (χ1n) is 5.29. The predicted octanol–water partition coefficient (Wildman–Crippen LogP) is 3.01. The highest BCUT2D eigenvalue weighted by atomic mass is 19.1. The zero-order valence-electron chi connectivity index (χ0n) is 9.50. The molecule has 3 heteroatoms. The van der Waals surface area contributed by atoms with Gasteiger partial charge in [-0.3, -0.25) is 9.59 Å². The van der Waals surface area contributed by atoms with Crippen LogP contribution in [0, 0.1) is 11.7 Å². The van der Waals surface area contributed by atoms with Gasteiger partial charge in [-0.2, -0.15) is 0 Å². The summed E-state index contributed by atoms with van der Waals surface area (Å²) >= 11 is 0. The summed E-state index contributed by atoms with van der Waals surface area (Å²) in [6, 6.07) is 5.25. The van der Waals surface area contributed by atoms with Crippen LogP contribution in [0.1, 0.15) is 37.0 Å². The number of hydrogen-bond acceptors (Lipinski definition) is 2. The highest BCUT2D eigenvalue weighted by Crippen LogP contribution is 2.09. The van der Waals surface area contributed by atoms with Crippen molar-refractivity contribution in [3.63, 3.8) is 0 Å². The molecule has 0 N–H and O–H groups in total. The van der Waals surface area contributed by atoms with Gasteiger partial charge in [-0.1, -0.05) is 13.8 Å². The van der Waals surface area contributed by atoms with Crippen molar-refractivity contribution in [2.45, 2.75) is 26.7 Å². The summed E-state index contributed by atoms with van der Waals surface area (Å²) in [7, 11) is 0. The summed E-state index contributed by atoms with van der Waals surface area (Å²) in [5.74, 6) is -0.437. The van der Waals surface area contributed by atoms with Crippen LogP contribution in [0.25, 0.3) is 0 Å². The number of carbonyl (C=O) groups excluding carboxylic acids is 2. The summed E-state index contributed by atoms with van der Waals surface area (Å²) in [6.07, 6.45) is 0.316. The van der Waals surface area contributed by atoms with Gasteiger partial charge in [0.15, 0.2) is 5.78 Å². The van der Waals surface area contributed by atoms with Crippen molar-refractivity contribution in [2.24, 2.45) is 5.92 Å². The summed E-state index contributed by atoms with van der Waals surface area (Å²) in [4.78, 5) is 23.0. The molecule has 0 aliphatic rings. The lowest BCUT2D eigenvalue weighted by molar-refractivity contribution is -0.118. The smallest absolute Gasteiger partial charge is 0.170 e. The molecule has 1 aromatic rings. The van der Waals surface area contributed by atoms with E-state index in [1.165, 1.54) is 24.3 Å². The molecule has 1 rings (SSSR count). The van der Waals surface area contributed by atoms with E-state index < -0.39 is 0 Å². The largest absolute Gasteiger partial charge is 0.299 e. The van der Waals surface area contributed by atoms with Crippen LogP contribution in [0.4, 0.5) is 4.39 Å². The molecule has 0 fully saturated rings. The number of ketones is 2. The molecule has 2 nitrogen and oxygen atoms in total. The number of halogens is 1. The van der Waals surface area contributed by atoms with Crippen molar-refractivity contribution >= 4 is 11.6 Å². The van der Waals surface area contributed by atoms with Crippen LogP contribution in [0.3, 0.4) is 0 Å². The van der Waals surface area contributed by atoms with E-state index >= 15 is 0 Å². The molecule has 0 saturated heterocycles. The maximum absolute atomic E-state index is 12.6. The monoisotopic (exact) mass is 222 g/mol. The molecule has 0 aliphatic heterocycles. The van der Waals surface area contributed by atoms with E-state index in [1.54, 1.807) is 0 Å². The molecule has 0 bridgehead atoms. The van der Waals surface area contributed by atoms with Crippen LogP contribution in [0.5, 0.6) is 0 Å². The van der Waals surface area contributed by atoms with Crippen LogP contribution in [0.2, 0.25) is 0 Å². The van der Waals surface area contributed by atoms with Gasteiger partial charge in [-0.25, -0.2) is 4.39 Å². The first-order chi connectivity index (χ1) is 7.49. The quantitative estimate of drug-likeness (QED) is 0.567. The van der Waals surface area contributed by atoms with Crippen molar-refractivity contribution in [2.75, 3.05) is 0 Å². The Bertz CT molecular complexity index is 379. The van der Waals surface area contributed by atoms with E-state index in [0.717, 1.165) is 0 Å². The second-order valence-corrected chi connectivity index (χ2v) is 4.24. The summed E-state index contributed by atoms with van der Waals surface area (Å²) < 4.78 is 12.6. The second-order valence-electron chi connectivity index (χ2n) is 4.24. The minimum atomic E-state index is -0.384. The minimum absolute atomic E-state index is 0.0654. The second kappa shape index (κ2) is 5.54. The van der Waals surface area contributed by atoms with Gasteiger partial charge in [0.25, 0.3) is 0 Å². The van der Waals surface area contributed by atoms with Gasteiger partial charge >= 0.3 is 0 Å². The zero-order valence-corrected chi connectivity index (χ0v) is 9.50. The fourth-order valence-corrected chi connectivity index (χ4v) is 1.44. The standard InChI is InChI=1S/C13H15FO2/c1-9(2)7-12(15)8-13(16)10-3-5-11(14)6-4-10/h3-6,9H,7-8H2,1-2H3. The van der Waals surface area contributed by atoms with E-state index in [1.807, 2.05) is 13.8 Å². The molecule has 0 aromatic heterocycles. The average molecular weight is 222 g/mol. The maximum Gasteiger partial charge on any atom is 0.170 e. The van der Waals surface area contributed by atoms with Crippen LogP contribution in [0.15, 0.2) is 24.3 Å². The third-order valence-corrected chi connectivity index (χ3v) is 2.16. The Morgan fingerprint density at radius 1 is 1.19 bits per heavy atom. The van der Waals surface area contributed by atoms with Crippen molar-refractivity contribution in [3.8, 4) is 0 Å². The lowest BCUT2D eigenvalue weighted by atomic mass is 10.0. The molecule has 0 unspecified atom stereocenters. The third kappa shape index (κ3) is 3.93. The minimum Gasteiger partial charge on any atom is -0.299 e.